The molecule has 1 fully saturated rings. The van der Waals surface area contributed by atoms with Crippen molar-refractivity contribution >= 4 is 27.4 Å². The zero-order chi connectivity index (χ0) is 18.9. The first-order valence-corrected chi connectivity index (χ1v) is 10.1. The average Bonchev–Trinajstić information content (AvgIpc) is 3.19. The van der Waals surface area contributed by atoms with Gasteiger partial charge in [0.1, 0.15) is 28.8 Å². The van der Waals surface area contributed by atoms with Crippen molar-refractivity contribution in [1.82, 2.24) is 9.97 Å². The van der Waals surface area contributed by atoms with E-state index in [0.29, 0.717) is 13.2 Å². The van der Waals surface area contributed by atoms with Gasteiger partial charge in [-0.3, -0.25) is 0 Å². The molecule has 5 rings (SSSR count). The molecule has 0 radical (unpaired) electrons. The highest BCUT2D eigenvalue weighted by Gasteiger charge is 2.26. The monoisotopic (exact) mass is 389 g/mol. The highest BCUT2D eigenvalue weighted by Crippen LogP contribution is 2.39. The SMILES string of the molecule is Oc1cccc(C2CN(c3ncnc4scc(-c5ccccc5)c34)CCO2)c1. The molecule has 5 nitrogen and oxygen atoms in total. The lowest BCUT2D eigenvalue weighted by Crippen LogP contribution is -2.39. The standard InChI is InChI=1S/C22H19N3O2S/c26-17-8-4-7-16(11-17)19-12-25(9-10-27-19)21-20-18(15-5-2-1-3-6-15)13-28-22(20)24-14-23-21/h1-8,11,13-14,19,26H,9-10,12H2. The predicted molar refractivity (Wildman–Crippen MR) is 112 cm³/mol. The van der Waals surface area contributed by atoms with Gasteiger partial charge in [-0.05, 0) is 23.3 Å². The molecule has 1 aliphatic heterocycles. The molecule has 1 saturated heterocycles. The van der Waals surface area contributed by atoms with E-state index in [2.05, 4.69) is 44.5 Å². The fourth-order valence-electron chi connectivity index (χ4n) is 3.70. The molecule has 2 aromatic heterocycles. The number of rotatable bonds is 3. The van der Waals surface area contributed by atoms with Crippen LogP contribution in [0.4, 0.5) is 5.82 Å². The number of anilines is 1. The van der Waals surface area contributed by atoms with Gasteiger partial charge in [-0.25, -0.2) is 9.97 Å². The van der Waals surface area contributed by atoms with Crippen LogP contribution < -0.4 is 4.90 Å². The van der Waals surface area contributed by atoms with E-state index < -0.39 is 0 Å². The number of hydrogen-bond donors (Lipinski definition) is 1. The first-order chi connectivity index (χ1) is 13.8. The van der Waals surface area contributed by atoms with Gasteiger partial charge in [0.2, 0.25) is 0 Å². The fraction of sp³-hybridized carbons (Fsp3) is 0.182. The van der Waals surface area contributed by atoms with Crippen molar-refractivity contribution in [2.75, 3.05) is 24.6 Å². The molecule has 0 aliphatic carbocycles. The van der Waals surface area contributed by atoms with Crippen LogP contribution in [0.25, 0.3) is 21.3 Å². The molecule has 1 atom stereocenters. The average molecular weight is 389 g/mol. The second-order valence-electron chi connectivity index (χ2n) is 6.79. The Morgan fingerprint density at radius 2 is 1.96 bits per heavy atom. The second kappa shape index (κ2) is 7.22. The van der Waals surface area contributed by atoms with E-state index in [1.54, 1.807) is 29.8 Å². The summed E-state index contributed by atoms with van der Waals surface area (Å²) in [6.45, 7) is 2.06. The molecule has 2 aromatic carbocycles. The Morgan fingerprint density at radius 1 is 1.07 bits per heavy atom. The Hall–Kier alpha value is -2.96. The van der Waals surface area contributed by atoms with Crippen LogP contribution in [-0.4, -0.2) is 34.8 Å². The summed E-state index contributed by atoms with van der Waals surface area (Å²) in [5.74, 6) is 1.20. The highest BCUT2D eigenvalue weighted by atomic mass is 32.1. The molecule has 0 saturated carbocycles. The van der Waals surface area contributed by atoms with Crippen molar-refractivity contribution < 1.29 is 9.84 Å². The van der Waals surface area contributed by atoms with Gasteiger partial charge in [-0.1, -0.05) is 42.5 Å². The number of nitrogens with zero attached hydrogens (tertiary/aromatic N) is 3. The fourth-order valence-corrected chi connectivity index (χ4v) is 4.61. The highest BCUT2D eigenvalue weighted by molar-refractivity contribution is 7.17. The molecule has 6 heteroatoms. The Bertz CT molecular complexity index is 1110. The van der Waals surface area contributed by atoms with Gasteiger partial charge in [0.05, 0.1) is 12.0 Å². The van der Waals surface area contributed by atoms with Crippen molar-refractivity contribution in [3.8, 4) is 16.9 Å². The van der Waals surface area contributed by atoms with Gasteiger partial charge in [0.15, 0.2) is 0 Å². The number of hydrogen-bond acceptors (Lipinski definition) is 6. The summed E-state index contributed by atoms with van der Waals surface area (Å²) >= 11 is 1.64. The molecular weight excluding hydrogens is 370 g/mol. The van der Waals surface area contributed by atoms with E-state index in [1.807, 2.05) is 18.2 Å². The van der Waals surface area contributed by atoms with Crippen LogP contribution in [0.1, 0.15) is 11.7 Å². The Morgan fingerprint density at radius 3 is 2.82 bits per heavy atom. The minimum Gasteiger partial charge on any atom is -0.508 e. The van der Waals surface area contributed by atoms with E-state index in [9.17, 15) is 5.11 Å². The van der Waals surface area contributed by atoms with E-state index in [1.165, 1.54) is 5.56 Å². The first kappa shape index (κ1) is 17.2. The Labute approximate surface area is 166 Å². The predicted octanol–water partition coefficient (Wildman–Crippen LogP) is 4.64. The molecule has 1 unspecified atom stereocenters. The van der Waals surface area contributed by atoms with Crippen LogP contribution in [0.2, 0.25) is 0 Å². The molecule has 1 aliphatic rings. The van der Waals surface area contributed by atoms with Crippen molar-refractivity contribution in [3.05, 3.63) is 71.9 Å². The van der Waals surface area contributed by atoms with Crippen LogP contribution in [-0.2, 0) is 4.74 Å². The zero-order valence-electron chi connectivity index (χ0n) is 15.2. The van der Waals surface area contributed by atoms with E-state index in [-0.39, 0.29) is 11.9 Å². The van der Waals surface area contributed by atoms with E-state index >= 15 is 0 Å². The third-order valence-electron chi connectivity index (χ3n) is 5.04. The number of aromatic hydroxyl groups is 1. The van der Waals surface area contributed by atoms with Crippen LogP contribution in [0.5, 0.6) is 5.75 Å². The van der Waals surface area contributed by atoms with Gasteiger partial charge in [-0.15, -0.1) is 11.3 Å². The molecule has 140 valence electrons. The minimum atomic E-state index is -0.107. The lowest BCUT2D eigenvalue weighted by molar-refractivity contribution is 0.0395. The number of morpholine rings is 1. The normalized spacial score (nSPS) is 17.1. The van der Waals surface area contributed by atoms with Crippen LogP contribution >= 0.6 is 11.3 Å². The van der Waals surface area contributed by atoms with E-state index in [4.69, 9.17) is 4.74 Å². The molecule has 3 heterocycles. The third kappa shape index (κ3) is 3.10. The van der Waals surface area contributed by atoms with Gasteiger partial charge in [0, 0.05) is 24.0 Å². The van der Waals surface area contributed by atoms with Gasteiger partial charge < -0.3 is 14.7 Å². The molecule has 0 spiro atoms. The molecular formula is C22H19N3O2S. The largest absolute Gasteiger partial charge is 0.508 e. The first-order valence-electron chi connectivity index (χ1n) is 9.23. The van der Waals surface area contributed by atoms with Crippen molar-refractivity contribution in [1.29, 1.82) is 0 Å². The van der Waals surface area contributed by atoms with Crippen molar-refractivity contribution in [2.45, 2.75) is 6.10 Å². The molecule has 1 N–H and O–H groups in total. The third-order valence-corrected chi connectivity index (χ3v) is 5.93. The topological polar surface area (TPSA) is 58.5 Å². The van der Waals surface area contributed by atoms with Gasteiger partial charge in [-0.2, -0.15) is 0 Å². The molecule has 0 amide bonds. The number of fused-ring (bicyclic) bond motifs is 1. The number of benzene rings is 2. The van der Waals surface area contributed by atoms with Crippen molar-refractivity contribution in [3.63, 3.8) is 0 Å². The van der Waals surface area contributed by atoms with Crippen LogP contribution in [0.15, 0.2) is 66.3 Å². The van der Waals surface area contributed by atoms with Gasteiger partial charge in [0.25, 0.3) is 0 Å². The lowest BCUT2D eigenvalue weighted by Gasteiger charge is -2.34. The number of phenols is 1. The molecule has 4 aromatic rings. The Kier molecular flexibility index (Phi) is 4.43. The van der Waals surface area contributed by atoms with Crippen LogP contribution in [0, 0.1) is 0 Å². The maximum atomic E-state index is 9.81. The number of phenolic OH excluding ortho intramolecular Hbond substituents is 1. The number of thiophene rings is 1. The summed E-state index contributed by atoms with van der Waals surface area (Å²) in [5, 5.41) is 13.1. The van der Waals surface area contributed by atoms with E-state index in [0.717, 1.165) is 33.7 Å². The van der Waals surface area contributed by atoms with Crippen LogP contribution in [0.3, 0.4) is 0 Å². The summed E-state index contributed by atoms with van der Waals surface area (Å²) in [4.78, 5) is 12.4. The molecule has 28 heavy (non-hydrogen) atoms. The lowest BCUT2D eigenvalue weighted by atomic mass is 10.0. The summed E-state index contributed by atoms with van der Waals surface area (Å²) in [5.41, 5.74) is 3.31. The number of ether oxygens (including phenoxy) is 1. The quantitative estimate of drug-likeness (QED) is 0.553. The molecule has 0 bridgehead atoms. The second-order valence-corrected chi connectivity index (χ2v) is 7.65. The maximum absolute atomic E-state index is 9.81. The smallest absolute Gasteiger partial charge is 0.141 e. The maximum Gasteiger partial charge on any atom is 0.141 e. The van der Waals surface area contributed by atoms with Crippen molar-refractivity contribution in [2.24, 2.45) is 0 Å². The summed E-state index contributed by atoms with van der Waals surface area (Å²) in [7, 11) is 0. The minimum absolute atomic E-state index is 0.107. The number of aromatic nitrogens is 2. The summed E-state index contributed by atoms with van der Waals surface area (Å²) in [6.07, 6.45) is 1.53. The Balaban J connectivity index is 1.55. The summed E-state index contributed by atoms with van der Waals surface area (Å²) in [6, 6.07) is 17.6. The van der Waals surface area contributed by atoms with Gasteiger partial charge >= 0.3 is 0 Å². The summed E-state index contributed by atoms with van der Waals surface area (Å²) < 4.78 is 5.99. The zero-order valence-corrected chi connectivity index (χ0v) is 16.0.